The van der Waals surface area contributed by atoms with Gasteiger partial charge in [0.1, 0.15) is 0 Å². The lowest BCUT2D eigenvalue weighted by Gasteiger charge is -2.43. The van der Waals surface area contributed by atoms with Crippen LogP contribution in [0.1, 0.15) is 40.0 Å². The van der Waals surface area contributed by atoms with E-state index in [1.165, 1.54) is 10.5 Å². The largest absolute Gasteiger partial charge is 0.274 e. The molecule has 3 heteroatoms. The Morgan fingerprint density at radius 1 is 1.08 bits per heavy atom. The van der Waals surface area contributed by atoms with E-state index in [0.717, 1.165) is 24.8 Å². The number of hydrogen-bond donors (Lipinski definition) is 0. The molecule has 1 saturated carbocycles. The number of fused-ring (bicyclic) bond motifs is 3. The van der Waals surface area contributed by atoms with Crippen LogP contribution in [0.4, 0.5) is 5.69 Å². The molecule has 4 unspecified atom stereocenters. The summed E-state index contributed by atoms with van der Waals surface area (Å²) in [6, 6.07) is 9.31. The fourth-order valence-electron chi connectivity index (χ4n) is 5.09. The first-order valence-electron chi connectivity index (χ1n) is 9.61. The first-order valence-corrected chi connectivity index (χ1v) is 9.61. The first kappa shape index (κ1) is 17.3. The van der Waals surface area contributed by atoms with E-state index < -0.39 is 5.92 Å². The lowest BCUT2D eigenvalue weighted by molar-refractivity contribution is -0.123. The zero-order valence-electron chi connectivity index (χ0n) is 15.9. The zero-order chi connectivity index (χ0) is 18.6. The summed E-state index contributed by atoms with van der Waals surface area (Å²) in [7, 11) is 0. The number of hydrogen-bond acceptors (Lipinski definition) is 2. The molecule has 0 radical (unpaired) electrons. The summed E-state index contributed by atoms with van der Waals surface area (Å²) in [6.07, 6.45) is 5.28. The van der Waals surface area contributed by atoms with Crippen molar-refractivity contribution < 1.29 is 9.59 Å². The Bertz CT molecular complexity index is 799. The van der Waals surface area contributed by atoms with E-state index in [9.17, 15) is 9.59 Å². The normalized spacial score (nSPS) is 31.6. The smallest absolute Gasteiger partial charge is 0.242 e. The number of rotatable bonds is 1. The molecule has 0 spiro atoms. The van der Waals surface area contributed by atoms with Crippen LogP contribution in [-0.4, -0.2) is 11.8 Å². The van der Waals surface area contributed by atoms with Crippen molar-refractivity contribution in [1.29, 1.82) is 0 Å². The topological polar surface area (TPSA) is 37.4 Å². The number of carbonyl (C=O) groups is 2. The van der Waals surface area contributed by atoms with E-state index in [-0.39, 0.29) is 29.1 Å². The number of carbonyl (C=O) groups excluding carboxylic acids is 2. The van der Waals surface area contributed by atoms with Crippen LogP contribution in [0.15, 0.2) is 54.1 Å². The molecule has 3 nitrogen and oxygen atoms in total. The standard InChI is InChI=1S/C23H27NO2/c1-14-12-15-10-11-16(23(2,3)4)13-18(15)20-19(14)21(25)24(22(20)26)17-8-6-5-7-9-17/h5-9,12,16,18-20H,1,10-11,13H2,2-4H3. The molecule has 2 fully saturated rings. The third-order valence-electron chi connectivity index (χ3n) is 6.59. The highest BCUT2D eigenvalue weighted by Gasteiger charge is 2.55. The van der Waals surface area contributed by atoms with Gasteiger partial charge in [0.25, 0.3) is 0 Å². The van der Waals surface area contributed by atoms with E-state index in [2.05, 4.69) is 33.4 Å². The molecule has 0 aromatic heterocycles. The Morgan fingerprint density at radius 2 is 1.77 bits per heavy atom. The number of para-hydroxylation sites is 1. The molecule has 0 bridgehead atoms. The molecule has 26 heavy (non-hydrogen) atoms. The molecule has 1 aliphatic heterocycles. The number of benzene rings is 1. The number of imide groups is 1. The van der Waals surface area contributed by atoms with Crippen LogP contribution in [0.2, 0.25) is 0 Å². The van der Waals surface area contributed by atoms with Crippen LogP contribution in [-0.2, 0) is 9.59 Å². The van der Waals surface area contributed by atoms with Crippen molar-refractivity contribution in [3.05, 3.63) is 54.1 Å². The highest BCUT2D eigenvalue weighted by molar-refractivity contribution is 6.23. The number of allylic oxidation sites excluding steroid dienone is 2. The SMILES string of the molecule is C=C1C=C2CCC(C(C)(C)C)CC2C2C(=O)N(c3ccccc3)C(=O)C12. The fourth-order valence-corrected chi connectivity index (χ4v) is 5.09. The molecule has 0 N–H and O–H groups in total. The summed E-state index contributed by atoms with van der Waals surface area (Å²) >= 11 is 0. The van der Waals surface area contributed by atoms with Gasteiger partial charge in [0.15, 0.2) is 0 Å². The van der Waals surface area contributed by atoms with Gasteiger partial charge in [0.2, 0.25) is 11.8 Å². The van der Waals surface area contributed by atoms with E-state index in [1.54, 1.807) is 0 Å². The number of nitrogens with zero attached hydrogens (tertiary/aromatic N) is 1. The predicted octanol–water partition coefficient (Wildman–Crippen LogP) is 4.75. The van der Waals surface area contributed by atoms with E-state index >= 15 is 0 Å². The molecule has 3 aliphatic rings. The second-order valence-electron chi connectivity index (χ2n) is 9.09. The van der Waals surface area contributed by atoms with Crippen LogP contribution in [0.5, 0.6) is 0 Å². The van der Waals surface area contributed by atoms with Gasteiger partial charge in [-0.1, -0.05) is 57.2 Å². The summed E-state index contributed by atoms with van der Waals surface area (Å²) in [5.41, 5.74) is 3.04. The second kappa shape index (κ2) is 5.94. The zero-order valence-corrected chi connectivity index (χ0v) is 15.9. The van der Waals surface area contributed by atoms with Gasteiger partial charge in [-0.05, 0) is 54.2 Å². The second-order valence-corrected chi connectivity index (χ2v) is 9.09. The fraction of sp³-hybridized carbons (Fsp3) is 0.478. The Labute approximate surface area is 155 Å². The summed E-state index contributed by atoms with van der Waals surface area (Å²) in [6.45, 7) is 11.0. The van der Waals surface area contributed by atoms with Crippen molar-refractivity contribution >= 4 is 17.5 Å². The minimum atomic E-state index is -0.393. The molecular weight excluding hydrogens is 322 g/mol. The summed E-state index contributed by atoms with van der Waals surface area (Å²) < 4.78 is 0. The molecule has 1 heterocycles. The summed E-state index contributed by atoms with van der Waals surface area (Å²) in [5, 5.41) is 0. The monoisotopic (exact) mass is 349 g/mol. The van der Waals surface area contributed by atoms with Crippen molar-refractivity contribution in [3.63, 3.8) is 0 Å². The maximum absolute atomic E-state index is 13.3. The molecule has 2 amide bonds. The lowest BCUT2D eigenvalue weighted by atomic mass is 9.60. The quantitative estimate of drug-likeness (QED) is 0.686. The molecule has 4 atom stereocenters. The third-order valence-corrected chi connectivity index (χ3v) is 6.59. The highest BCUT2D eigenvalue weighted by Crippen LogP contribution is 2.53. The molecule has 1 saturated heterocycles. The number of anilines is 1. The van der Waals surface area contributed by atoms with Gasteiger partial charge in [0, 0.05) is 0 Å². The Morgan fingerprint density at radius 3 is 2.42 bits per heavy atom. The minimum Gasteiger partial charge on any atom is -0.274 e. The average molecular weight is 349 g/mol. The van der Waals surface area contributed by atoms with Crippen molar-refractivity contribution in [1.82, 2.24) is 0 Å². The van der Waals surface area contributed by atoms with E-state index in [0.29, 0.717) is 11.6 Å². The first-order chi connectivity index (χ1) is 12.3. The van der Waals surface area contributed by atoms with Crippen LogP contribution < -0.4 is 4.90 Å². The average Bonchev–Trinajstić information content (AvgIpc) is 2.86. The van der Waals surface area contributed by atoms with Crippen molar-refractivity contribution in [2.75, 3.05) is 4.90 Å². The molecular formula is C23H27NO2. The Balaban J connectivity index is 1.72. The molecule has 4 rings (SSSR count). The van der Waals surface area contributed by atoms with Gasteiger partial charge in [-0.15, -0.1) is 0 Å². The van der Waals surface area contributed by atoms with E-state index in [4.69, 9.17) is 0 Å². The van der Waals surface area contributed by atoms with Gasteiger partial charge in [-0.25, -0.2) is 4.90 Å². The molecule has 1 aromatic rings. The van der Waals surface area contributed by atoms with Gasteiger partial charge in [-0.3, -0.25) is 9.59 Å². The number of amides is 2. The maximum Gasteiger partial charge on any atom is 0.242 e. The molecule has 1 aromatic carbocycles. The molecule has 136 valence electrons. The van der Waals surface area contributed by atoms with Gasteiger partial charge in [0.05, 0.1) is 17.5 Å². The van der Waals surface area contributed by atoms with Crippen molar-refractivity contribution in [3.8, 4) is 0 Å². The molecule has 2 aliphatic carbocycles. The van der Waals surface area contributed by atoms with Gasteiger partial charge in [-0.2, -0.15) is 0 Å². The summed E-state index contributed by atoms with van der Waals surface area (Å²) in [4.78, 5) is 27.9. The Hall–Kier alpha value is -2.16. The summed E-state index contributed by atoms with van der Waals surface area (Å²) in [5.74, 6) is -0.0728. The van der Waals surface area contributed by atoms with Gasteiger partial charge < -0.3 is 0 Å². The predicted molar refractivity (Wildman–Crippen MR) is 103 cm³/mol. The maximum atomic E-state index is 13.3. The van der Waals surface area contributed by atoms with Gasteiger partial charge >= 0.3 is 0 Å². The Kier molecular flexibility index (Phi) is 3.94. The minimum absolute atomic E-state index is 0.0440. The third kappa shape index (κ3) is 2.56. The van der Waals surface area contributed by atoms with Crippen LogP contribution in [0, 0.1) is 29.1 Å². The van der Waals surface area contributed by atoms with Crippen LogP contribution >= 0.6 is 0 Å². The lowest BCUT2D eigenvalue weighted by Crippen LogP contribution is -2.38. The van der Waals surface area contributed by atoms with Crippen molar-refractivity contribution in [2.45, 2.75) is 40.0 Å². The van der Waals surface area contributed by atoms with Crippen LogP contribution in [0.25, 0.3) is 0 Å². The van der Waals surface area contributed by atoms with E-state index in [1.807, 2.05) is 30.3 Å². The van der Waals surface area contributed by atoms with Crippen molar-refractivity contribution in [2.24, 2.45) is 29.1 Å². The highest BCUT2D eigenvalue weighted by atomic mass is 16.2. The van der Waals surface area contributed by atoms with Crippen LogP contribution in [0.3, 0.4) is 0 Å².